The SMILES string of the molecule is COc1c(O)cc(C(CN)C(=O)O)cc1F. The molecule has 0 spiro atoms. The van der Waals surface area contributed by atoms with Crippen molar-refractivity contribution >= 4 is 5.97 Å². The lowest BCUT2D eigenvalue weighted by molar-refractivity contribution is -0.138. The maximum Gasteiger partial charge on any atom is 0.312 e. The van der Waals surface area contributed by atoms with E-state index in [4.69, 9.17) is 10.8 Å². The highest BCUT2D eigenvalue weighted by molar-refractivity contribution is 5.76. The highest BCUT2D eigenvalue weighted by Crippen LogP contribution is 2.32. The molecule has 0 aliphatic rings. The molecule has 16 heavy (non-hydrogen) atoms. The lowest BCUT2D eigenvalue weighted by Crippen LogP contribution is -2.21. The summed E-state index contributed by atoms with van der Waals surface area (Å²) in [5.74, 6) is -3.81. The Balaban J connectivity index is 3.21. The van der Waals surface area contributed by atoms with E-state index < -0.39 is 23.5 Å². The van der Waals surface area contributed by atoms with Gasteiger partial charge in [0.15, 0.2) is 17.3 Å². The zero-order chi connectivity index (χ0) is 12.3. The first-order chi connectivity index (χ1) is 7.51. The van der Waals surface area contributed by atoms with Gasteiger partial charge < -0.3 is 20.7 Å². The number of methoxy groups -OCH3 is 1. The largest absolute Gasteiger partial charge is 0.504 e. The molecule has 1 rings (SSSR count). The molecule has 0 saturated heterocycles. The first-order valence-corrected chi connectivity index (χ1v) is 4.50. The summed E-state index contributed by atoms with van der Waals surface area (Å²) in [6.45, 7) is -0.180. The number of ether oxygens (including phenoxy) is 1. The van der Waals surface area contributed by atoms with Crippen molar-refractivity contribution < 1.29 is 24.1 Å². The van der Waals surface area contributed by atoms with Gasteiger partial charge >= 0.3 is 5.97 Å². The lowest BCUT2D eigenvalue weighted by atomic mass is 9.99. The van der Waals surface area contributed by atoms with Crippen molar-refractivity contribution in [2.75, 3.05) is 13.7 Å². The Bertz CT molecular complexity index is 385. The van der Waals surface area contributed by atoms with Crippen LogP contribution in [0.15, 0.2) is 12.1 Å². The molecule has 0 bridgehead atoms. The minimum atomic E-state index is -1.17. The molecule has 0 saturated carbocycles. The Morgan fingerprint density at radius 1 is 1.62 bits per heavy atom. The number of halogens is 1. The van der Waals surface area contributed by atoms with Gasteiger partial charge in [0, 0.05) is 6.54 Å². The average Bonchev–Trinajstić information content (AvgIpc) is 2.17. The summed E-state index contributed by atoms with van der Waals surface area (Å²) in [6.07, 6.45) is 0. The number of carboxylic acid groups (broad SMARTS) is 1. The van der Waals surface area contributed by atoms with Crippen LogP contribution in [0.1, 0.15) is 11.5 Å². The van der Waals surface area contributed by atoms with Crippen molar-refractivity contribution in [3.8, 4) is 11.5 Å². The molecular weight excluding hydrogens is 217 g/mol. The van der Waals surface area contributed by atoms with Crippen LogP contribution in [0.3, 0.4) is 0 Å². The third-order valence-corrected chi connectivity index (χ3v) is 2.19. The van der Waals surface area contributed by atoms with E-state index >= 15 is 0 Å². The van der Waals surface area contributed by atoms with Gasteiger partial charge in [-0.1, -0.05) is 0 Å². The number of aliphatic carboxylic acids is 1. The topological polar surface area (TPSA) is 92.8 Å². The maximum atomic E-state index is 13.4. The van der Waals surface area contributed by atoms with Crippen molar-refractivity contribution in [1.29, 1.82) is 0 Å². The third-order valence-electron chi connectivity index (χ3n) is 2.19. The number of carbonyl (C=O) groups is 1. The summed E-state index contributed by atoms with van der Waals surface area (Å²) < 4.78 is 18.0. The molecule has 1 aromatic carbocycles. The van der Waals surface area contributed by atoms with Crippen molar-refractivity contribution in [2.45, 2.75) is 5.92 Å². The average molecular weight is 229 g/mol. The molecule has 0 aromatic heterocycles. The lowest BCUT2D eigenvalue weighted by Gasteiger charge is -2.12. The van der Waals surface area contributed by atoms with E-state index in [9.17, 15) is 14.3 Å². The number of aromatic hydroxyl groups is 1. The van der Waals surface area contributed by atoms with Crippen molar-refractivity contribution in [3.05, 3.63) is 23.5 Å². The fourth-order valence-electron chi connectivity index (χ4n) is 1.38. The fraction of sp³-hybridized carbons (Fsp3) is 0.300. The highest BCUT2D eigenvalue weighted by atomic mass is 19.1. The third kappa shape index (κ3) is 2.22. The number of phenols is 1. The molecule has 0 aliphatic carbocycles. The molecule has 4 N–H and O–H groups in total. The van der Waals surface area contributed by atoms with Gasteiger partial charge in [0.1, 0.15) is 0 Å². The molecule has 1 unspecified atom stereocenters. The molecule has 0 fully saturated rings. The van der Waals surface area contributed by atoms with Crippen molar-refractivity contribution in [1.82, 2.24) is 0 Å². The predicted octanol–water partition coefficient (Wildman–Crippen LogP) is 0.667. The van der Waals surface area contributed by atoms with Gasteiger partial charge in [-0.15, -0.1) is 0 Å². The zero-order valence-corrected chi connectivity index (χ0v) is 8.61. The van der Waals surface area contributed by atoms with E-state index in [1.807, 2.05) is 0 Å². The van der Waals surface area contributed by atoms with Gasteiger partial charge in [-0.2, -0.15) is 0 Å². The number of nitrogens with two attached hydrogens (primary N) is 1. The van der Waals surface area contributed by atoms with Gasteiger partial charge in [0.25, 0.3) is 0 Å². The molecule has 0 radical (unpaired) electrons. The first kappa shape index (κ1) is 12.3. The summed E-state index contributed by atoms with van der Waals surface area (Å²) >= 11 is 0. The van der Waals surface area contributed by atoms with Crippen LogP contribution in [0.25, 0.3) is 0 Å². The summed E-state index contributed by atoms with van der Waals surface area (Å²) in [5.41, 5.74) is 5.36. The normalized spacial score (nSPS) is 12.2. The van der Waals surface area contributed by atoms with Crippen LogP contribution in [0.2, 0.25) is 0 Å². The summed E-state index contributed by atoms with van der Waals surface area (Å²) in [6, 6.07) is 2.12. The van der Waals surface area contributed by atoms with Crippen LogP contribution < -0.4 is 10.5 Å². The van der Waals surface area contributed by atoms with Crippen LogP contribution in [-0.2, 0) is 4.79 Å². The van der Waals surface area contributed by atoms with Gasteiger partial charge in [-0.3, -0.25) is 4.79 Å². The molecular formula is C10H12FNO4. The predicted molar refractivity (Wildman–Crippen MR) is 54.0 cm³/mol. The second-order valence-electron chi connectivity index (χ2n) is 3.18. The molecule has 1 atom stereocenters. The van der Waals surface area contributed by atoms with E-state index in [1.54, 1.807) is 0 Å². The minimum Gasteiger partial charge on any atom is -0.504 e. The molecule has 5 nitrogen and oxygen atoms in total. The summed E-state index contributed by atoms with van der Waals surface area (Å²) in [4.78, 5) is 10.8. The smallest absolute Gasteiger partial charge is 0.312 e. The van der Waals surface area contributed by atoms with Crippen LogP contribution in [0, 0.1) is 5.82 Å². The van der Waals surface area contributed by atoms with Crippen molar-refractivity contribution in [3.63, 3.8) is 0 Å². The van der Waals surface area contributed by atoms with Gasteiger partial charge in [0.2, 0.25) is 0 Å². The first-order valence-electron chi connectivity index (χ1n) is 4.50. The Morgan fingerprint density at radius 2 is 2.25 bits per heavy atom. The summed E-state index contributed by atoms with van der Waals surface area (Å²) in [7, 11) is 1.20. The standard InChI is InChI=1S/C10H12FNO4/c1-16-9-7(11)2-5(3-8(9)13)6(4-12)10(14)15/h2-3,6,13H,4,12H2,1H3,(H,14,15). The fourth-order valence-corrected chi connectivity index (χ4v) is 1.38. The Kier molecular flexibility index (Phi) is 3.68. The quantitative estimate of drug-likeness (QED) is 0.705. The van der Waals surface area contributed by atoms with Gasteiger partial charge in [-0.25, -0.2) is 4.39 Å². The maximum absolute atomic E-state index is 13.4. The number of hydrogen-bond acceptors (Lipinski definition) is 4. The zero-order valence-electron chi connectivity index (χ0n) is 8.61. The minimum absolute atomic E-state index is 0.103. The Labute approximate surface area is 91.3 Å². The van der Waals surface area contributed by atoms with Gasteiger partial charge in [0.05, 0.1) is 13.0 Å². The molecule has 1 aromatic rings. The second-order valence-corrected chi connectivity index (χ2v) is 3.18. The molecule has 0 heterocycles. The number of carboxylic acids is 1. The monoisotopic (exact) mass is 229 g/mol. The van der Waals surface area contributed by atoms with Gasteiger partial charge in [-0.05, 0) is 17.7 Å². The number of rotatable bonds is 4. The molecule has 6 heteroatoms. The van der Waals surface area contributed by atoms with E-state index in [-0.39, 0.29) is 17.9 Å². The highest BCUT2D eigenvalue weighted by Gasteiger charge is 2.21. The Morgan fingerprint density at radius 3 is 2.62 bits per heavy atom. The van der Waals surface area contributed by atoms with Crippen LogP contribution in [0.4, 0.5) is 4.39 Å². The number of phenolic OH excluding ortho intramolecular Hbond substituents is 1. The van der Waals surface area contributed by atoms with Crippen LogP contribution >= 0.6 is 0 Å². The number of hydrogen-bond donors (Lipinski definition) is 3. The molecule has 0 amide bonds. The Hall–Kier alpha value is -1.82. The van der Waals surface area contributed by atoms with E-state index in [2.05, 4.69) is 4.74 Å². The number of benzene rings is 1. The molecule has 0 aliphatic heterocycles. The van der Waals surface area contributed by atoms with Crippen LogP contribution in [-0.4, -0.2) is 29.8 Å². The summed E-state index contributed by atoms with van der Waals surface area (Å²) in [5, 5.41) is 18.2. The second kappa shape index (κ2) is 4.80. The van der Waals surface area contributed by atoms with E-state index in [1.165, 1.54) is 7.11 Å². The van der Waals surface area contributed by atoms with Crippen LogP contribution in [0.5, 0.6) is 11.5 Å². The van der Waals surface area contributed by atoms with E-state index in [0.717, 1.165) is 12.1 Å². The van der Waals surface area contributed by atoms with Crippen molar-refractivity contribution in [2.24, 2.45) is 5.73 Å². The van der Waals surface area contributed by atoms with E-state index in [0.29, 0.717) is 0 Å². The molecule has 88 valence electrons.